The monoisotopic (exact) mass is 335 g/mol. The topological polar surface area (TPSA) is 66.6 Å². The molecule has 2 heterocycles. The van der Waals surface area contributed by atoms with Gasteiger partial charge in [-0.2, -0.15) is 0 Å². The number of rotatable bonds is 5. The fourth-order valence-corrected chi connectivity index (χ4v) is 4.39. The lowest BCUT2D eigenvalue weighted by Gasteiger charge is -2.24. The molecule has 1 fully saturated rings. The van der Waals surface area contributed by atoms with Crippen molar-refractivity contribution >= 4 is 22.2 Å². The van der Waals surface area contributed by atoms with Gasteiger partial charge in [0.1, 0.15) is 0 Å². The summed E-state index contributed by atoms with van der Waals surface area (Å²) in [5.74, 6) is 0.303. The second kappa shape index (κ2) is 7.45. The predicted octanol–water partition coefficient (Wildman–Crippen LogP) is 2.69. The van der Waals surface area contributed by atoms with Gasteiger partial charge in [0.05, 0.1) is 5.69 Å². The van der Waals surface area contributed by atoms with Gasteiger partial charge in [-0.15, -0.1) is 11.3 Å². The van der Waals surface area contributed by atoms with Crippen LogP contribution < -0.4 is 5.32 Å². The van der Waals surface area contributed by atoms with Gasteiger partial charge in [-0.1, -0.05) is 19.3 Å². The Balaban J connectivity index is 1.56. The number of hydrogen-bond donors (Lipinski definition) is 2. The summed E-state index contributed by atoms with van der Waals surface area (Å²) in [6, 6.07) is 0.132. The second-order valence-electron chi connectivity index (χ2n) is 6.52. The van der Waals surface area contributed by atoms with Crippen molar-refractivity contribution in [3.8, 4) is 0 Å². The van der Waals surface area contributed by atoms with Gasteiger partial charge >= 0.3 is 0 Å². The quantitative estimate of drug-likeness (QED) is 0.826. The summed E-state index contributed by atoms with van der Waals surface area (Å²) >= 11 is 1.62. The molecule has 2 unspecified atom stereocenters. The van der Waals surface area contributed by atoms with Crippen molar-refractivity contribution in [1.29, 1.82) is 0 Å². The molecule has 1 amide bonds. The molecule has 6 heteroatoms. The van der Waals surface area contributed by atoms with E-state index in [0.717, 1.165) is 48.5 Å². The maximum absolute atomic E-state index is 12.3. The van der Waals surface area contributed by atoms with Crippen LogP contribution in [-0.4, -0.2) is 33.0 Å². The Morgan fingerprint density at radius 1 is 1.43 bits per heavy atom. The lowest BCUT2D eigenvalue weighted by atomic mass is 9.95. The number of hydrogen-bond acceptors (Lipinski definition) is 4. The van der Waals surface area contributed by atoms with E-state index in [9.17, 15) is 9.90 Å². The third kappa shape index (κ3) is 3.93. The van der Waals surface area contributed by atoms with Crippen molar-refractivity contribution in [1.82, 2.24) is 14.7 Å². The van der Waals surface area contributed by atoms with Crippen LogP contribution in [-0.2, 0) is 11.2 Å². The molecule has 0 radical (unpaired) electrons. The van der Waals surface area contributed by atoms with Crippen LogP contribution in [0.1, 0.15) is 49.9 Å². The summed E-state index contributed by atoms with van der Waals surface area (Å²) in [7, 11) is 0. The molecule has 23 heavy (non-hydrogen) atoms. The van der Waals surface area contributed by atoms with Crippen LogP contribution in [0.4, 0.5) is 0 Å². The number of nitrogens with one attached hydrogen (secondary N) is 1. The summed E-state index contributed by atoms with van der Waals surface area (Å²) in [6.07, 6.45) is 8.73. The molecule has 0 saturated heterocycles. The number of carbonyl (C=O) groups excluding carboxylic acids is 1. The lowest BCUT2D eigenvalue weighted by molar-refractivity contribution is -0.122. The Morgan fingerprint density at radius 3 is 3.09 bits per heavy atom. The molecule has 1 aliphatic carbocycles. The number of thiazole rings is 1. The molecular weight excluding hydrogens is 310 g/mol. The van der Waals surface area contributed by atoms with Crippen molar-refractivity contribution in [2.24, 2.45) is 5.92 Å². The SMILES string of the molecule is Cc1cn2c(CCC(=O)NC3CCCCCC3CO)csc2n1. The fourth-order valence-electron chi connectivity index (χ4n) is 3.43. The zero-order valence-electron chi connectivity index (χ0n) is 13.6. The largest absolute Gasteiger partial charge is 0.396 e. The first-order valence-electron chi connectivity index (χ1n) is 8.49. The highest BCUT2D eigenvalue weighted by molar-refractivity contribution is 7.15. The molecule has 126 valence electrons. The van der Waals surface area contributed by atoms with E-state index in [1.807, 2.05) is 13.1 Å². The van der Waals surface area contributed by atoms with Crippen LogP contribution >= 0.6 is 11.3 Å². The van der Waals surface area contributed by atoms with E-state index in [-0.39, 0.29) is 24.5 Å². The van der Waals surface area contributed by atoms with Crippen molar-refractivity contribution in [3.63, 3.8) is 0 Å². The number of imidazole rings is 1. The maximum atomic E-state index is 12.3. The van der Waals surface area contributed by atoms with E-state index in [2.05, 4.69) is 20.1 Å². The summed E-state index contributed by atoms with van der Waals surface area (Å²) in [6.45, 7) is 2.15. The standard InChI is InChI=1S/C17H25N3O2S/c1-12-9-20-14(11-23-17(20)18-12)7-8-16(22)19-15-6-4-2-3-5-13(15)10-21/h9,11,13,15,21H,2-8,10H2,1H3,(H,19,22). The molecule has 5 nitrogen and oxygen atoms in total. The first kappa shape index (κ1) is 16.5. The lowest BCUT2D eigenvalue weighted by Crippen LogP contribution is -2.41. The smallest absolute Gasteiger partial charge is 0.220 e. The van der Waals surface area contributed by atoms with E-state index in [1.165, 1.54) is 6.42 Å². The molecule has 0 aliphatic heterocycles. The minimum absolute atomic E-state index is 0.0894. The number of aliphatic hydroxyl groups excluding tert-OH is 1. The van der Waals surface area contributed by atoms with Gasteiger partial charge < -0.3 is 10.4 Å². The molecule has 2 aromatic rings. The summed E-state index contributed by atoms with van der Waals surface area (Å²) in [5, 5.41) is 14.8. The van der Waals surface area contributed by atoms with Crippen LogP contribution in [0.5, 0.6) is 0 Å². The molecule has 0 spiro atoms. The van der Waals surface area contributed by atoms with Gasteiger partial charge in [-0.3, -0.25) is 9.20 Å². The minimum Gasteiger partial charge on any atom is -0.396 e. The zero-order valence-corrected chi connectivity index (χ0v) is 14.4. The highest BCUT2D eigenvalue weighted by atomic mass is 32.1. The molecule has 0 bridgehead atoms. The second-order valence-corrected chi connectivity index (χ2v) is 7.35. The first-order chi connectivity index (χ1) is 11.2. The average molecular weight is 335 g/mol. The molecule has 0 aromatic carbocycles. The third-order valence-corrected chi connectivity index (χ3v) is 5.64. The number of aryl methyl sites for hydroxylation is 2. The number of aliphatic hydroxyl groups is 1. The predicted molar refractivity (Wildman–Crippen MR) is 91.7 cm³/mol. The summed E-state index contributed by atoms with van der Waals surface area (Å²) in [4.78, 5) is 17.7. The Bertz CT molecular complexity index is 664. The van der Waals surface area contributed by atoms with Crippen molar-refractivity contribution in [3.05, 3.63) is 23.0 Å². The number of nitrogens with zero attached hydrogens (tertiary/aromatic N) is 2. The molecule has 3 rings (SSSR count). The Kier molecular flexibility index (Phi) is 5.33. The minimum atomic E-state index is 0.0894. The molecule has 2 N–H and O–H groups in total. The Morgan fingerprint density at radius 2 is 2.26 bits per heavy atom. The van der Waals surface area contributed by atoms with Gasteiger partial charge in [0.25, 0.3) is 0 Å². The van der Waals surface area contributed by atoms with Crippen LogP contribution in [0.15, 0.2) is 11.6 Å². The highest BCUT2D eigenvalue weighted by Crippen LogP contribution is 2.23. The highest BCUT2D eigenvalue weighted by Gasteiger charge is 2.24. The van der Waals surface area contributed by atoms with Crippen LogP contribution in [0.2, 0.25) is 0 Å². The Hall–Kier alpha value is -1.40. The fraction of sp³-hybridized carbons (Fsp3) is 0.647. The van der Waals surface area contributed by atoms with E-state index >= 15 is 0 Å². The number of carbonyl (C=O) groups is 1. The van der Waals surface area contributed by atoms with Gasteiger partial charge in [0.15, 0.2) is 4.96 Å². The van der Waals surface area contributed by atoms with E-state index in [0.29, 0.717) is 6.42 Å². The number of aromatic nitrogens is 2. The number of amides is 1. The molecule has 2 aromatic heterocycles. The average Bonchev–Trinajstić information content (AvgIpc) is 2.98. The number of fused-ring (bicyclic) bond motifs is 1. The third-order valence-electron chi connectivity index (χ3n) is 4.75. The molecular formula is C17H25N3O2S. The summed E-state index contributed by atoms with van der Waals surface area (Å²) in [5.41, 5.74) is 2.15. The van der Waals surface area contributed by atoms with Crippen LogP contribution in [0.25, 0.3) is 4.96 Å². The molecule has 2 atom stereocenters. The van der Waals surface area contributed by atoms with E-state index in [1.54, 1.807) is 11.3 Å². The van der Waals surface area contributed by atoms with Crippen molar-refractivity contribution in [2.75, 3.05) is 6.61 Å². The normalized spacial score (nSPS) is 22.2. The van der Waals surface area contributed by atoms with Gasteiger partial charge in [0.2, 0.25) is 5.91 Å². The van der Waals surface area contributed by atoms with Gasteiger partial charge in [-0.05, 0) is 26.2 Å². The van der Waals surface area contributed by atoms with Crippen molar-refractivity contribution in [2.45, 2.75) is 57.9 Å². The first-order valence-corrected chi connectivity index (χ1v) is 9.37. The van der Waals surface area contributed by atoms with Crippen molar-refractivity contribution < 1.29 is 9.90 Å². The van der Waals surface area contributed by atoms with Crippen LogP contribution in [0.3, 0.4) is 0 Å². The maximum Gasteiger partial charge on any atom is 0.220 e. The zero-order chi connectivity index (χ0) is 16.2. The molecule has 1 aliphatic rings. The molecule has 1 saturated carbocycles. The Labute approximate surface area is 140 Å². The van der Waals surface area contributed by atoms with E-state index < -0.39 is 0 Å². The van der Waals surface area contributed by atoms with Gasteiger partial charge in [0, 0.05) is 42.3 Å². The van der Waals surface area contributed by atoms with E-state index in [4.69, 9.17) is 0 Å². The van der Waals surface area contributed by atoms with Crippen LogP contribution in [0, 0.1) is 12.8 Å². The summed E-state index contributed by atoms with van der Waals surface area (Å²) < 4.78 is 2.08. The van der Waals surface area contributed by atoms with Gasteiger partial charge in [-0.25, -0.2) is 4.98 Å².